The molecule has 0 aliphatic carbocycles. The van der Waals surface area contributed by atoms with Gasteiger partial charge in [0.05, 0.1) is 17.4 Å². The summed E-state index contributed by atoms with van der Waals surface area (Å²) in [6, 6.07) is 1.44. The summed E-state index contributed by atoms with van der Waals surface area (Å²) in [4.78, 5) is 26.1. The zero-order chi connectivity index (χ0) is 12.8. The molecule has 0 radical (unpaired) electrons. The molecule has 1 rings (SSSR count). The van der Waals surface area contributed by atoms with Gasteiger partial charge in [-0.05, 0) is 6.07 Å². The zero-order valence-electron chi connectivity index (χ0n) is 9.49. The van der Waals surface area contributed by atoms with Crippen LogP contribution in [0.5, 0.6) is 0 Å². The molecule has 1 aromatic rings. The van der Waals surface area contributed by atoms with Crippen LogP contribution in [0, 0.1) is 0 Å². The monoisotopic (exact) mass is 237 g/mol. The van der Waals surface area contributed by atoms with Crippen molar-refractivity contribution >= 4 is 23.3 Å². The van der Waals surface area contributed by atoms with E-state index in [1.165, 1.54) is 12.3 Å². The molecule has 0 saturated carbocycles. The number of nitrogens with two attached hydrogens (primary N) is 2. The molecule has 0 aliphatic heterocycles. The third-order valence-corrected chi connectivity index (χ3v) is 2.10. The molecule has 0 bridgehead atoms. The second kappa shape index (κ2) is 5.69. The first-order chi connectivity index (χ1) is 8.04. The molecular formula is C10H15N5O2. The maximum atomic E-state index is 11.1. The average molecular weight is 237 g/mol. The molecule has 7 heteroatoms. The number of hydrogen-bond donors (Lipinski definition) is 4. The first-order valence-corrected chi connectivity index (χ1v) is 5.04. The van der Waals surface area contributed by atoms with Crippen LogP contribution >= 0.6 is 0 Å². The Hall–Kier alpha value is -2.31. The van der Waals surface area contributed by atoms with Crippen LogP contribution in [0.1, 0.15) is 16.8 Å². The molecule has 7 nitrogen and oxygen atoms in total. The minimum Gasteiger partial charge on any atom is -0.397 e. The Kier molecular flexibility index (Phi) is 4.27. The maximum absolute atomic E-state index is 11.1. The lowest BCUT2D eigenvalue weighted by molar-refractivity contribution is -0.120. The van der Waals surface area contributed by atoms with Gasteiger partial charge in [0.1, 0.15) is 5.82 Å². The van der Waals surface area contributed by atoms with Crippen molar-refractivity contribution in [1.29, 1.82) is 0 Å². The fraction of sp³-hybridized carbons (Fsp3) is 0.300. The highest BCUT2D eigenvalue weighted by molar-refractivity contribution is 5.98. The van der Waals surface area contributed by atoms with Crippen LogP contribution in [0.2, 0.25) is 0 Å². The normalized spacial score (nSPS) is 9.71. The number of carbonyl (C=O) groups excluding carboxylic acids is 2. The number of rotatable bonds is 5. The lowest BCUT2D eigenvalue weighted by Gasteiger charge is -2.09. The van der Waals surface area contributed by atoms with Crippen LogP contribution in [0.4, 0.5) is 11.5 Å². The summed E-state index contributed by atoms with van der Waals surface area (Å²) >= 11 is 0. The van der Waals surface area contributed by atoms with Gasteiger partial charge in [-0.2, -0.15) is 0 Å². The van der Waals surface area contributed by atoms with Gasteiger partial charge in [0.15, 0.2) is 0 Å². The highest BCUT2D eigenvalue weighted by atomic mass is 16.1. The largest absolute Gasteiger partial charge is 0.397 e. The molecule has 92 valence electrons. The van der Waals surface area contributed by atoms with Gasteiger partial charge in [-0.15, -0.1) is 0 Å². The number of nitrogens with zero attached hydrogens (tertiary/aromatic N) is 1. The Morgan fingerprint density at radius 2 is 2.18 bits per heavy atom. The van der Waals surface area contributed by atoms with Crippen molar-refractivity contribution in [1.82, 2.24) is 10.3 Å². The van der Waals surface area contributed by atoms with E-state index in [0.29, 0.717) is 18.1 Å². The molecule has 0 atom stereocenters. The minimum absolute atomic E-state index is 0.103. The van der Waals surface area contributed by atoms with Gasteiger partial charge >= 0.3 is 0 Å². The maximum Gasteiger partial charge on any atom is 0.252 e. The molecule has 1 aromatic heterocycles. The van der Waals surface area contributed by atoms with E-state index in [1.807, 2.05) is 0 Å². The number of hydrogen-bond acceptors (Lipinski definition) is 5. The highest BCUT2D eigenvalue weighted by Gasteiger charge is 2.10. The van der Waals surface area contributed by atoms with Crippen molar-refractivity contribution < 1.29 is 9.59 Å². The fourth-order valence-corrected chi connectivity index (χ4v) is 1.23. The topological polar surface area (TPSA) is 123 Å². The quantitative estimate of drug-likeness (QED) is 0.539. The van der Waals surface area contributed by atoms with Crippen molar-refractivity contribution in [3.8, 4) is 0 Å². The fourth-order valence-electron chi connectivity index (χ4n) is 1.23. The summed E-state index contributed by atoms with van der Waals surface area (Å²) in [7, 11) is 1.55. The van der Waals surface area contributed by atoms with Crippen molar-refractivity contribution in [3.63, 3.8) is 0 Å². The van der Waals surface area contributed by atoms with Crippen LogP contribution in [-0.2, 0) is 4.79 Å². The summed E-state index contributed by atoms with van der Waals surface area (Å²) in [5, 5.41) is 5.35. The SMILES string of the molecule is CNC(=O)CCNc1ncc(N)cc1C(N)=O. The first kappa shape index (κ1) is 12.8. The molecule has 2 amide bonds. The number of aromatic nitrogens is 1. The first-order valence-electron chi connectivity index (χ1n) is 5.04. The van der Waals surface area contributed by atoms with Crippen LogP contribution in [0.3, 0.4) is 0 Å². The Balaban J connectivity index is 2.70. The summed E-state index contributed by atoms with van der Waals surface area (Å²) in [6.07, 6.45) is 1.69. The van der Waals surface area contributed by atoms with Gasteiger partial charge in [-0.1, -0.05) is 0 Å². The summed E-state index contributed by atoms with van der Waals surface area (Å²) in [5.74, 6) is -0.392. The number of nitrogens with one attached hydrogen (secondary N) is 2. The molecule has 0 saturated heterocycles. The number of anilines is 2. The molecule has 6 N–H and O–H groups in total. The van der Waals surface area contributed by atoms with E-state index in [2.05, 4.69) is 15.6 Å². The highest BCUT2D eigenvalue weighted by Crippen LogP contribution is 2.14. The Bertz CT molecular complexity index is 433. The summed E-state index contributed by atoms with van der Waals surface area (Å²) < 4.78 is 0. The van der Waals surface area contributed by atoms with Crippen LogP contribution < -0.4 is 22.1 Å². The third-order valence-electron chi connectivity index (χ3n) is 2.10. The van der Waals surface area contributed by atoms with Crippen LogP contribution in [0.15, 0.2) is 12.3 Å². The molecule has 17 heavy (non-hydrogen) atoms. The molecule has 0 aromatic carbocycles. The molecular weight excluding hydrogens is 222 g/mol. The van der Waals surface area contributed by atoms with E-state index < -0.39 is 5.91 Å². The molecule has 1 heterocycles. The van der Waals surface area contributed by atoms with Gasteiger partial charge in [0.25, 0.3) is 5.91 Å². The second-order valence-corrected chi connectivity index (χ2v) is 3.38. The van der Waals surface area contributed by atoms with Crippen LogP contribution in [0.25, 0.3) is 0 Å². The van der Waals surface area contributed by atoms with Gasteiger partial charge < -0.3 is 22.1 Å². The molecule has 0 spiro atoms. The number of amides is 2. The standard InChI is InChI=1S/C10H15N5O2/c1-13-8(16)2-3-14-10-7(9(12)17)4-6(11)5-15-10/h4-5H,2-3,11H2,1H3,(H2,12,17)(H,13,16)(H,14,15). The summed E-state index contributed by atoms with van der Waals surface area (Å²) in [6.45, 7) is 0.358. The predicted octanol–water partition coefficient (Wildman–Crippen LogP) is -0.689. The van der Waals surface area contributed by atoms with E-state index in [-0.39, 0.29) is 17.9 Å². The number of primary amides is 1. The van der Waals surface area contributed by atoms with Crippen LogP contribution in [-0.4, -0.2) is 30.4 Å². The van der Waals surface area contributed by atoms with Crippen molar-refractivity contribution in [2.75, 3.05) is 24.6 Å². The summed E-state index contributed by atoms with van der Waals surface area (Å²) in [5.41, 5.74) is 11.3. The second-order valence-electron chi connectivity index (χ2n) is 3.38. The zero-order valence-corrected chi connectivity index (χ0v) is 9.49. The van der Waals surface area contributed by atoms with Crippen molar-refractivity contribution in [2.24, 2.45) is 5.73 Å². The third kappa shape index (κ3) is 3.63. The Morgan fingerprint density at radius 1 is 1.47 bits per heavy atom. The van der Waals surface area contributed by atoms with Gasteiger partial charge in [0.2, 0.25) is 5.91 Å². The number of nitrogen functional groups attached to an aromatic ring is 1. The van der Waals surface area contributed by atoms with E-state index >= 15 is 0 Å². The van der Waals surface area contributed by atoms with E-state index in [4.69, 9.17) is 11.5 Å². The van der Waals surface area contributed by atoms with E-state index in [9.17, 15) is 9.59 Å². The lowest BCUT2D eigenvalue weighted by atomic mass is 10.2. The van der Waals surface area contributed by atoms with Crippen molar-refractivity contribution in [2.45, 2.75) is 6.42 Å². The Morgan fingerprint density at radius 3 is 2.76 bits per heavy atom. The minimum atomic E-state index is -0.618. The van der Waals surface area contributed by atoms with Gasteiger partial charge in [0, 0.05) is 20.0 Å². The smallest absolute Gasteiger partial charge is 0.252 e. The lowest BCUT2D eigenvalue weighted by Crippen LogP contribution is -2.22. The molecule has 0 unspecified atom stereocenters. The Labute approximate surface area is 98.6 Å². The molecule has 0 aliphatic rings. The number of pyridine rings is 1. The van der Waals surface area contributed by atoms with Gasteiger partial charge in [-0.3, -0.25) is 9.59 Å². The van der Waals surface area contributed by atoms with E-state index in [1.54, 1.807) is 7.05 Å². The van der Waals surface area contributed by atoms with Crippen molar-refractivity contribution in [3.05, 3.63) is 17.8 Å². The van der Waals surface area contributed by atoms with Gasteiger partial charge in [-0.25, -0.2) is 4.98 Å². The molecule has 0 fully saturated rings. The predicted molar refractivity (Wildman–Crippen MR) is 64.3 cm³/mol. The van der Waals surface area contributed by atoms with E-state index in [0.717, 1.165) is 0 Å². The average Bonchev–Trinajstić information content (AvgIpc) is 2.30. The number of carbonyl (C=O) groups is 2.